The van der Waals surface area contributed by atoms with E-state index >= 15 is 0 Å². The number of aromatic nitrogens is 2. The highest BCUT2D eigenvalue weighted by Gasteiger charge is 2.17. The van der Waals surface area contributed by atoms with Crippen molar-refractivity contribution in [1.29, 1.82) is 0 Å². The van der Waals surface area contributed by atoms with Crippen molar-refractivity contribution >= 4 is 16.9 Å². The van der Waals surface area contributed by atoms with Crippen LogP contribution in [0.25, 0.3) is 11.0 Å². The van der Waals surface area contributed by atoms with Gasteiger partial charge in [-0.1, -0.05) is 24.3 Å². The van der Waals surface area contributed by atoms with E-state index in [1.165, 1.54) is 12.1 Å². The molecule has 0 aliphatic carbocycles. The summed E-state index contributed by atoms with van der Waals surface area (Å²) >= 11 is 0. The van der Waals surface area contributed by atoms with E-state index in [1.807, 2.05) is 35.8 Å². The highest BCUT2D eigenvalue weighted by molar-refractivity contribution is 5.77. The number of halogens is 1. The van der Waals surface area contributed by atoms with Crippen molar-refractivity contribution in [2.45, 2.75) is 25.9 Å². The Labute approximate surface area is 140 Å². The zero-order valence-corrected chi connectivity index (χ0v) is 13.8. The van der Waals surface area contributed by atoms with Crippen LogP contribution in [0.5, 0.6) is 0 Å². The molecule has 1 heterocycles. The maximum Gasteiger partial charge on any atom is 0.224 e. The first-order valence-electron chi connectivity index (χ1n) is 7.97. The molecular formula is C19H20FN3O. The van der Waals surface area contributed by atoms with Crippen LogP contribution in [-0.2, 0) is 11.3 Å². The molecule has 0 radical (unpaired) electrons. The van der Waals surface area contributed by atoms with Gasteiger partial charge in [0.1, 0.15) is 5.82 Å². The Kier molecular flexibility index (Phi) is 4.60. The van der Waals surface area contributed by atoms with Gasteiger partial charge in [-0.15, -0.1) is 0 Å². The van der Waals surface area contributed by atoms with E-state index in [4.69, 9.17) is 0 Å². The molecule has 0 spiro atoms. The number of imidazole rings is 1. The number of hydrogen-bond donors (Lipinski definition) is 0. The molecule has 0 saturated heterocycles. The molecule has 24 heavy (non-hydrogen) atoms. The van der Waals surface area contributed by atoms with Crippen LogP contribution in [0.2, 0.25) is 0 Å². The Bertz CT molecular complexity index is 841. The Hall–Kier alpha value is -2.69. The molecule has 5 heteroatoms. The lowest BCUT2D eigenvalue weighted by Gasteiger charge is -2.25. The van der Waals surface area contributed by atoms with Gasteiger partial charge in [0.15, 0.2) is 0 Å². The zero-order chi connectivity index (χ0) is 17.1. The van der Waals surface area contributed by atoms with E-state index in [9.17, 15) is 9.18 Å². The number of carbonyl (C=O) groups is 1. The molecule has 0 fully saturated rings. The minimum absolute atomic E-state index is 0.0459. The number of amides is 1. The number of fused-ring (bicyclic) bond motifs is 1. The molecule has 1 unspecified atom stereocenters. The normalized spacial score (nSPS) is 12.3. The summed E-state index contributed by atoms with van der Waals surface area (Å²) in [4.78, 5) is 18.5. The molecule has 1 amide bonds. The van der Waals surface area contributed by atoms with Gasteiger partial charge in [-0.2, -0.15) is 0 Å². The number of hydrogen-bond acceptors (Lipinski definition) is 2. The van der Waals surface area contributed by atoms with Crippen LogP contribution in [0.3, 0.4) is 0 Å². The Morgan fingerprint density at radius 1 is 1.21 bits per heavy atom. The molecule has 0 bridgehead atoms. The Morgan fingerprint density at radius 3 is 2.67 bits per heavy atom. The number of para-hydroxylation sites is 2. The zero-order valence-electron chi connectivity index (χ0n) is 13.8. The quantitative estimate of drug-likeness (QED) is 0.716. The number of carbonyl (C=O) groups excluding carboxylic acids is 1. The van der Waals surface area contributed by atoms with Crippen molar-refractivity contribution in [3.05, 3.63) is 66.2 Å². The molecule has 1 atom stereocenters. The highest BCUT2D eigenvalue weighted by atomic mass is 19.1. The van der Waals surface area contributed by atoms with E-state index < -0.39 is 0 Å². The summed E-state index contributed by atoms with van der Waals surface area (Å²) in [6.07, 6.45) is 2.16. The number of benzene rings is 2. The maximum atomic E-state index is 13.0. The third kappa shape index (κ3) is 3.30. The first-order valence-corrected chi connectivity index (χ1v) is 7.97. The van der Waals surface area contributed by atoms with E-state index in [2.05, 4.69) is 4.98 Å². The van der Waals surface area contributed by atoms with Crippen LogP contribution < -0.4 is 0 Å². The number of aryl methyl sites for hydroxylation is 1. The van der Waals surface area contributed by atoms with E-state index in [-0.39, 0.29) is 17.8 Å². The summed E-state index contributed by atoms with van der Waals surface area (Å²) < 4.78 is 15.0. The number of nitrogens with zero attached hydrogens (tertiary/aromatic N) is 3. The van der Waals surface area contributed by atoms with Gasteiger partial charge < -0.3 is 9.47 Å². The molecule has 1 aromatic heterocycles. The molecular weight excluding hydrogens is 305 g/mol. The highest BCUT2D eigenvalue weighted by Crippen LogP contribution is 2.20. The molecule has 3 rings (SSSR count). The summed E-state index contributed by atoms with van der Waals surface area (Å²) in [5.74, 6) is -0.225. The van der Waals surface area contributed by atoms with Crippen LogP contribution in [0.1, 0.15) is 24.9 Å². The maximum absolute atomic E-state index is 13.0. The second kappa shape index (κ2) is 6.83. The molecule has 2 aromatic carbocycles. The van der Waals surface area contributed by atoms with E-state index in [1.54, 1.807) is 30.4 Å². The van der Waals surface area contributed by atoms with Gasteiger partial charge in [0.25, 0.3) is 0 Å². The number of rotatable bonds is 5. The SMILES string of the molecule is CC(c1ccc(F)cc1)N(C)C(=O)CCn1cnc2ccccc21. The third-order valence-electron chi connectivity index (χ3n) is 4.42. The average molecular weight is 325 g/mol. The van der Waals surface area contributed by atoms with Crippen molar-refractivity contribution < 1.29 is 9.18 Å². The fourth-order valence-electron chi connectivity index (χ4n) is 2.76. The van der Waals surface area contributed by atoms with Crippen LogP contribution in [0, 0.1) is 5.82 Å². The summed E-state index contributed by atoms with van der Waals surface area (Å²) in [5, 5.41) is 0. The van der Waals surface area contributed by atoms with E-state index in [0.717, 1.165) is 16.6 Å². The van der Waals surface area contributed by atoms with Crippen molar-refractivity contribution in [3.63, 3.8) is 0 Å². The summed E-state index contributed by atoms with van der Waals surface area (Å²) in [6.45, 7) is 2.53. The molecule has 0 aliphatic heterocycles. The average Bonchev–Trinajstić information content (AvgIpc) is 3.02. The predicted molar refractivity (Wildman–Crippen MR) is 91.9 cm³/mol. The lowest BCUT2D eigenvalue weighted by molar-refractivity contribution is -0.132. The topological polar surface area (TPSA) is 38.1 Å². The monoisotopic (exact) mass is 325 g/mol. The van der Waals surface area contributed by atoms with Crippen LogP contribution in [0.15, 0.2) is 54.9 Å². The molecule has 0 aliphatic rings. The minimum Gasteiger partial charge on any atom is -0.339 e. The van der Waals surface area contributed by atoms with Crippen molar-refractivity contribution in [3.8, 4) is 0 Å². The third-order valence-corrected chi connectivity index (χ3v) is 4.42. The van der Waals surface area contributed by atoms with Gasteiger partial charge in [-0.25, -0.2) is 9.37 Å². The fraction of sp³-hybridized carbons (Fsp3) is 0.263. The van der Waals surface area contributed by atoms with Crippen molar-refractivity contribution in [2.75, 3.05) is 7.05 Å². The summed E-state index contributed by atoms with van der Waals surface area (Å²) in [7, 11) is 1.78. The van der Waals surface area contributed by atoms with E-state index in [0.29, 0.717) is 13.0 Å². The van der Waals surface area contributed by atoms with Crippen LogP contribution in [0.4, 0.5) is 4.39 Å². The lowest BCUT2D eigenvalue weighted by atomic mass is 10.1. The van der Waals surface area contributed by atoms with Crippen molar-refractivity contribution in [2.24, 2.45) is 0 Å². The molecule has 0 N–H and O–H groups in total. The van der Waals surface area contributed by atoms with Gasteiger partial charge >= 0.3 is 0 Å². The molecule has 0 saturated carbocycles. The molecule has 4 nitrogen and oxygen atoms in total. The van der Waals surface area contributed by atoms with Gasteiger partial charge in [0.05, 0.1) is 23.4 Å². The molecule has 3 aromatic rings. The Balaban J connectivity index is 1.64. The second-order valence-corrected chi connectivity index (χ2v) is 5.91. The minimum atomic E-state index is -0.271. The largest absolute Gasteiger partial charge is 0.339 e. The second-order valence-electron chi connectivity index (χ2n) is 5.91. The van der Waals surface area contributed by atoms with Crippen LogP contribution >= 0.6 is 0 Å². The summed E-state index contributed by atoms with van der Waals surface area (Å²) in [6, 6.07) is 14.0. The predicted octanol–water partition coefficient (Wildman–Crippen LogP) is 3.79. The molecule has 124 valence electrons. The van der Waals surface area contributed by atoms with Gasteiger partial charge in [0, 0.05) is 20.0 Å². The lowest BCUT2D eigenvalue weighted by Crippen LogP contribution is -2.30. The Morgan fingerprint density at radius 2 is 1.92 bits per heavy atom. The van der Waals surface area contributed by atoms with Gasteiger partial charge in [0.2, 0.25) is 5.91 Å². The van der Waals surface area contributed by atoms with Crippen LogP contribution in [-0.4, -0.2) is 27.4 Å². The summed E-state index contributed by atoms with van der Waals surface area (Å²) in [5.41, 5.74) is 2.87. The first-order chi connectivity index (χ1) is 11.6. The first kappa shape index (κ1) is 16.2. The fourth-order valence-corrected chi connectivity index (χ4v) is 2.76. The van der Waals surface area contributed by atoms with Gasteiger partial charge in [-0.05, 0) is 36.8 Å². The standard InChI is InChI=1S/C19H20FN3O/c1-14(15-7-9-16(20)10-8-15)22(2)19(24)11-12-23-13-21-17-5-3-4-6-18(17)23/h3-10,13-14H,11-12H2,1-2H3. The smallest absolute Gasteiger partial charge is 0.224 e. The van der Waals surface area contributed by atoms with Gasteiger partial charge in [-0.3, -0.25) is 4.79 Å². The van der Waals surface area contributed by atoms with Crippen molar-refractivity contribution in [1.82, 2.24) is 14.5 Å².